The van der Waals surface area contributed by atoms with Crippen LogP contribution in [0.25, 0.3) is 0 Å². The second kappa shape index (κ2) is 16.8. The Balaban J connectivity index is 0.000000428. The molecule has 0 heterocycles. The third-order valence-electron chi connectivity index (χ3n) is 3.08. The Bertz CT molecular complexity index is 553. The van der Waals surface area contributed by atoms with Crippen LogP contribution in [0.2, 0.25) is 0 Å². The predicted molar refractivity (Wildman–Crippen MR) is 108 cm³/mol. The monoisotopic (exact) mass is 378 g/mol. The van der Waals surface area contributed by atoms with Crippen LogP contribution in [0.4, 0.5) is 0 Å². The standard InChI is InChI=1S/C9H12NO2P.C9H13N.C2H6O/c1-8(10-12-13-11)7-9-5-3-2-4-6-9;1-8(10)7-9-5-3-2-4-6-9;1-3-2/h2-6,8,10H,7H2,1H3;2-6,8H,7,10H2,1H3;1-2H3/t2*8-;/m00./s1. The summed E-state index contributed by atoms with van der Waals surface area (Å²) in [6.45, 7) is 3.99. The molecule has 0 saturated carbocycles. The van der Waals surface area contributed by atoms with Gasteiger partial charge in [0.05, 0.1) is 0 Å². The number of hydroxylamine groups is 1. The summed E-state index contributed by atoms with van der Waals surface area (Å²) in [5, 5.41) is 0. The first-order valence-corrected chi connectivity index (χ1v) is 9.24. The zero-order valence-electron chi connectivity index (χ0n) is 16.1. The lowest BCUT2D eigenvalue weighted by atomic mass is 10.1. The van der Waals surface area contributed by atoms with Crippen molar-refractivity contribution in [1.82, 2.24) is 5.48 Å². The van der Waals surface area contributed by atoms with Gasteiger partial charge in [0.2, 0.25) is 0 Å². The minimum Gasteiger partial charge on any atom is -0.388 e. The van der Waals surface area contributed by atoms with E-state index in [2.05, 4.69) is 27.0 Å². The van der Waals surface area contributed by atoms with E-state index >= 15 is 0 Å². The van der Waals surface area contributed by atoms with Gasteiger partial charge in [0.1, 0.15) is 0 Å². The normalized spacial score (nSPS) is 12.2. The van der Waals surface area contributed by atoms with Crippen molar-refractivity contribution in [2.24, 2.45) is 5.73 Å². The average Bonchev–Trinajstić information content (AvgIpc) is 2.62. The Kier molecular flexibility index (Phi) is 15.8. The summed E-state index contributed by atoms with van der Waals surface area (Å²) in [5.74, 6) is 0. The molecule has 0 aromatic heterocycles. The molecule has 6 heteroatoms. The van der Waals surface area contributed by atoms with Crippen LogP contribution >= 0.6 is 8.69 Å². The van der Waals surface area contributed by atoms with Crippen molar-refractivity contribution in [3.8, 4) is 0 Å². The van der Waals surface area contributed by atoms with Gasteiger partial charge < -0.3 is 10.5 Å². The molecule has 2 aromatic carbocycles. The largest absolute Gasteiger partial charge is 0.388 e. The van der Waals surface area contributed by atoms with Crippen molar-refractivity contribution in [1.29, 1.82) is 0 Å². The number of ether oxygens (including phenoxy) is 1. The molecular formula is C20H31N2O3P. The van der Waals surface area contributed by atoms with Gasteiger partial charge in [-0.25, -0.2) is 9.19 Å². The van der Waals surface area contributed by atoms with Gasteiger partial charge in [0, 0.05) is 26.3 Å². The number of nitrogens with one attached hydrogen (secondary N) is 1. The minimum atomic E-state index is -0.335. The third kappa shape index (κ3) is 14.7. The van der Waals surface area contributed by atoms with E-state index in [1.807, 2.05) is 62.4 Å². The Hall–Kier alpha value is -1.62. The molecule has 0 unspecified atom stereocenters. The number of methoxy groups -OCH3 is 1. The van der Waals surface area contributed by atoms with E-state index in [4.69, 9.17) is 5.73 Å². The Morgan fingerprint density at radius 2 is 1.35 bits per heavy atom. The molecule has 2 atom stereocenters. The molecule has 0 fully saturated rings. The molecule has 0 saturated heterocycles. The minimum absolute atomic E-state index is 0.156. The van der Waals surface area contributed by atoms with Crippen molar-refractivity contribution in [3.05, 3.63) is 71.8 Å². The van der Waals surface area contributed by atoms with E-state index in [9.17, 15) is 4.57 Å². The van der Waals surface area contributed by atoms with Gasteiger partial charge in [-0.3, -0.25) is 0 Å². The van der Waals surface area contributed by atoms with E-state index in [0.29, 0.717) is 0 Å². The molecule has 0 bridgehead atoms. The van der Waals surface area contributed by atoms with Crippen molar-refractivity contribution in [2.45, 2.75) is 38.8 Å². The highest BCUT2D eigenvalue weighted by Crippen LogP contribution is 2.03. The summed E-state index contributed by atoms with van der Waals surface area (Å²) in [6.07, 6.45) is 1.83. The molecule has 0 spiro atoms. The van der Waals surface area contributed by atoms with Crippen LogP contribution < -0.4 is 11.2 Å². The Labute approximate surface area is 159 Å². The molecule has 0 radical (unpaired) electrons. The van der Waals surface area contributed by atoms with E-state index in [0.717, 1.165) is 12.8 Å². The zero-order chi connectivity index (χ0) is 19.6. The van der Waals surface area contributed by atoms with Gasteiger partial charge in [-0.05, 0) is 37.8 Å². The first-order chi connectivity index (χ1) is 12.5. The molecule has 26 heavy (non-hydrogen) atoms. The Morgan fingerprint density at radius 1 is 0.923 bits per heavy atom. The van der Waals surface area contributed by atoms with Gasteiger partial charge in [-0.2, -0.15) is 5.48 Å². The van der Waals surface area contributed by atoms with Crippen LogP contribution in [-0.2, 0) is 26.8 Å². The highest BCUT2D eigenvalue weighted by atomic mass is 31.1. The molecule has 0 aliphatic rings. The maximum atomic E-state index is 9.97. The summed E-state index contributed by atoms with van der Waals surface area (Å²) in [6, 6.07) is 20.8. The molecule has 144 valence electrons. The van der Waals surface area contributed by atoms with Crippen molar-refractivity contribution < 1.29 is 13.9 Å². The lowest BCUT2D eigenvalue weighted by Crippen LogP contribution is -2.25. The molecule has 3 N–H and O–H groups in total. The fourth-order valence-corrected chi connectivity index (χ4v) is 2.33. The molecular weight excluding hydrogens is 347 g/mol. The molecule has 2 aromatic rings. The quantitative estimate of drug-likeness (QED) is 0.558. The fraction of sp³-hybridized carbons (Fsp3) is 0.400. The number of nitrogens with two attached hydrogens (primary N) is 1. The number of hydrogen-bond acceptors (Lipinski definition) is 5. The first kappa shape index (κ1) is 24.4. The predicted octanol–water partition coefficient (Wildman–Crippen LogP) is 4.18. The SMILES string of the molecule is COC.C[C@@H](Cc1ccccc1)NOP=O.C[C@H](N)Cc1ccccc1. The van der Waals surface area contributed by atoms with Crippen LogP contribution in [0.5, 0.6) is 0 Å². The molecule has 2 rings (SSSR count). The average molecular weight is 378 g/mol. The van der Waals surface area contributed by atoms with E-state index < -0.39 is 0 Å². The van der Waals surface area contributed by atoms with E-state index in [1.165, 1.54) is 11.1 Å². The smallest absolute Gasteiger partial charge is 0.346 e. The van der Waals surface area contributed by atoms with Crippen LogP contribution in [-0.4, -0.2) is 26.3 Å². The lowest BCUT2D eigenvalue weighted by molar-refractivity contribution is 0.182. The highest BCUT2D eigenvalue weighted by Gasteiger charge is 2.01. The summed E-state index contributed by atoms with van der Waals surface area (Å²) in [4.78, 5) is 0. The van der Waals surface area contributed by atoms with E-state index in [1.54, 1.807) is 14.2 Å². The fourth-order valence-electron chi connectivity index (χ4n) is 2.11. The number of hydrogen-bond donors (Lipinski definition) is 2. The van der Waals surface area contributed by atoms with Gasteiger partial charge >= 0.3 is 8.69 Å². The van der Waals surface area contributed by atoms with Crippen LogP contribution in [0.1, 0.15) is 25.0 Å². The molecule has 0 aliphatic carbocycles. The topological polar surface area (TPSA) is 73.6 Å². The number of rotatable bonds is 7. The van der Waals surface area contributed by atoms with Crippen LogP contribution in [0, 0.1) is 0 Å². The Morgan fingerprint density at radius 3 is 1.73 bits per heavy atom. The van der Waals surface area contributed by atoms with Gasteiger partial charge in [-0.15, -0.1) is 0 Å². The van der Waals surface area contributed by atoms with Crippen molar-refractivity contribution >= 4 is 8.69 Å². The van der Waals surface area contributed by atoms with Gasteiger partial charge in [0.25, 0.3) is 0 Å². The van der Waals surface area contributed by atoms with Crippen LogP contribution in [0.15, 0.2) is 60.7 Å². The van der Waals surface area contributed by atoms with Crippen molar-refractivity contribution in [2.75, 3.05) is 14.2 Å². The molecule has 0 aliphatic heterocycles. The van der Waals surface area contributed by atoms with E-state index in [-0.39, 0.29) is 20.8 Å². The summed E-state index contributed by atoms with van der Waals surface area (Å²) < 4.78 is 18.8. The van der Waals surface area contributed by atoms with Crippen molar-refractivity contribution in [3.63, 3.8) is 0 Å². The second-order valence-electron chi connectivity index (χ2n) is 5.95. The summed E-state index contributed by atoms with van der Waals surface area (Å²) in [7, 11) is 2.91. The van der Waals surface area contributed by atoms with Crippen LogP contribution in [0.3, 0.4) is 0 Å². The summed E-state index contributed by atoms with van der Waals surface area (Å²) >= 11 is 0. The first-order valence-electron chi connectivity index (χ1n) is 8.51. The molecule has 0 amide bonds. The zero-order valence-corrected chi connectivity index (χ0v) is 17.0. The maximum absolute atomic E-state index is 9.97. The molecule has 5 nitrogen and oxygen atoms in total. The highest BCUT2D eigenvalue weighted by molar-refractivity contribution is 7.17. The van der Waals surface area contributed by atoms with Gasteiger partial charge in [0.15, 0.2) is 0 Å². The van der Waals surface area contributed by atoms with Gasteiger partial charge in [-0.1, -0.05) is 60.7 Å². The summed E-state index contributed by atoms with van der Waals surface area (Å²) in [5.41, 5.74) is 10.8. The number of benzene rings is 2. The lowest BCUT2D eigenvalue weighted by Gasteiger charge is -2.09. The second-order valence-corrected chi connectivity index (χ2v) is 6.28. The maximum Gasteiger partial charge on any atom is 0.346 e. The third-order valence-corrected chi connectivity index (χ3v) is 3.26.